The van der Waals surface area contributed by atoms with Gasteiger partial charge in [-0.2, -0.15) is 4.98 Å². The van der Waals surface area contributed by atoms with E-state index in [4.69, 9.17) is 4.42 Å². The summed E-state index contributed by atoms with van der Waals surface area (Å²) in [6, 6.07) is 0.0625. The van der Waals surface area contributed by atoms with E-state index in [1.54, 1.807) is 6.20 Å². The first-order valence-electron chi connectivity index (χ1n) is 7.16. The van der Waals surface area contributed by atoms with E-state index in [1.807, 2.05) is 17.7 Å². The summed E-state index contributed by atoms with van der Waals surface area (Å²) in [5, 5.41) is 5.30. The molecule has 0 atom stereocenters. The minimum Gasteiger partial charge on any atom is -0.431 e. The summed E-state index contributed by atoms with van der Waals surface area (Å²) < 4.78 is 7.02. The molecule has 8 heteroatoms. The van der Waals surface area contributed by atoms with Crippen molar-refractivity contribution in [1.82, 2.24) is 19.9 Å². The number of carbonyl (C=O) groups excluding carboxylic acids is 2. The smallest absolute Gasteiger partial charge is 0.302 e. The van der Waals surface area contributed by atoms with Gasteiger partial charge in [-0.3, -0.25) is 14.9 Å². The molecule has 2 N–H and O–H groups in total. The first-order chi connectivity index (χ1) is 10.6. The van der Waals surface area contributed by atoms with Crippen LogP contribution in [0.4, 0.5) is 6.01 Å². The van der Waals surface area contributed by atoms with Gasteiger partial charge < -0.3 is 14.3 Å². The van der Waals surface area contributed by atoms with Crippen molar-refractivity contribution in [1.29, 1.82) is 0 Å². The maximum atomic E-state index is 11.9. The number of carbonyl (C=O) groups is 2. The maximum absolute atomic E-state index is 11.9. The fraction of sp³-hybridized carbons (Fsp3) is 0.429. The summed E-state index contributed by atoms with van der Waals surface area (Å²) in [5.41, 5.74) is 0.147. The topological polar surface area (TPSA) is 102 Å². The Balaban J connectivity index is 1.48. The Morgan fingerprint density at radius 2 is 2.27 bits per heavy atom. The molecule has 0 aromatic carbocycles. The number of anilines is 1. The van der Waals surface area contributed by atoms with Crippen LogP contribution in [0.5, 0.6) is 0 Å². The number of amides is 2. The first kappa shape index (κ1) is 14.3. The van der Waals surface area contributed by atoms with Gasteiger partial charge in [-0.25, -0.2) is 4.98 Å². The fourth-order valence-electron chi connectivity index (χ4n) is 2.01. The lowest BCUT2D eigenvalue weighted by atomic mass is 10.4. The summed E-state index contributed by atoms with van der Waals surface area (Å²) in [7, 11) is 0. The summed E-state index contributed by atoms with van der Waals surface area (Å²) in [5.74, 6) is 0.501. The van der Waals surface area contributed by atoms with E-state index in [2.05, 4.69) is 20.6 Å². The number of imidazole rings is 1. The molecule has 0 spiro atoms. The van der Waals surface area contributed by atoms with Crippen LogP contribution in [0, 0.1) is 12.8 Å². The van der Waals surface area contributed by atoms with E-state index < -0.39 is 0 Å². The lowest BCUT2D eigenvalue weighted by molar-refractivity contribution is -0.117. The summed E-state index contributed by atoms with van der Waals surface area (Å²) in [6.07, 6.45) is 6.59. The Labute approximate surface area is 126 Å². The summed E-state index contributed by atoms with van der Waals surface area (Å²) in [6.45, 7) is 2.97. The van der Waals surface area contributed by atoms with Crippen molar-refractivity contribution in [2.75, 3.05) is 11.9 Å². The molecule has 22 heavy (non-hydrogen) atoms. The number of hydrogen-bond donors (Lipinski definition) is 2. The van der Waals surface area contributed by atoms with E-state index in [9.17, 15) is 9.59 Å². The minimum absolute atomic E-state index is 0.0580. The average molecular weight is 303 g/mol. The molecule has 1 fully saturated rings. The van der Waals surface area contributed by atoms with Crippen LogP contribution in [0.25, 0.3) is 0 Å². The Kier molecular flexibility index (Phi) is 3.90. The molecule has 2 amide bonds. The Hall–Kier alpha value is -2.64. The third-order valence-corrected chi connectivity index (χ3v) is 3.48. The molecular formula is C14H17N5O3. The van der Waals surface area contributed by atoms with E-state index >= 15 is 0 Å². The highest BCUT2D eigenvalue weighted by Crippen LogP contribution is 2.29. The molecule has 1 aliphatic rings. The van der Waals surface area contributed by atoms with Crippen molar-refractivity contribution in [3.05, 3.63) is 30.2 Å². The zero-order valence-electron chi connectivity index (χ0n) is 12.2. The van der Waals surface area contributed by atoms with Gasteiger partial charge in [0.25, 0.3) is 5.91 Å². The van der Waals surface area contributed by atoms with Crippen LogP contribution in [0.3, 0.4) is 0 Å². The molecule has 0 unspecified atom stereocenters. The minimum atomic E-state index is -0.339. The monoisotopic (exact) mass is 303 g/mol. The standard InChI is InChI=1S/C14H17N5O3/c1-9-15-4-6-19(9)7-5-16-13(21)11-8-22-14(17-11)18-12(20)10-2-3-10/h4,6,8,10H,2-3,5,7H2,1H3,(H,16,21)(H,17,18,20). The molecule has 0 aliphatic heterocycles. The van der Waals surface area contributed by atoms with Crippen molar-refractivity contribution < 1.29 is 14.0 Å². The highest BCUT2D eigenvalue weighted by Gasteiger charge is 2.30. The van der Waals surface area contributed by atoms with E-state index in [1.165, 1.54) is 6.26 Å². The average Bonchev–Trinajstić information content (AvgIpc) is 3.13. The SMILES string of the molecule is Cc1nccn1CCNC(=O)c1coc(NC(=O)C2CC2)n1. The van der Waals surface area contributed by atoms with Gasteiger partial charge in [-0.05, 0) is 19.8 Å². The van der Waals surface area contributed by atoms with Gasteiger partial charge in [0.15, 0.2) is 5.69 Å². The molecular weight excluding hydrogens is 286 g/mol. The predicted molar refractivity (Wildman–Crippen MR) is 77.2 cm³/mol. The van der Waals surface area contributed by atoms with Gasteiger partial charge in [0.1, 0.15) is 12.1 Å². The van der Waals surface area contributed by atoms with Crippen LogP contribution in [-0.4, -0.2) is 32.9 Å². The second-order valence-corrected chi connectivity index (χ2v) is 5.23. The van der Waals surface area contributed by atoms with Gasteiger partial charge in [0.2, 0.25) is 5.91 Å². The van der Waals surface area contributed by atoms with Crippen molar-refractivity contribution in [3.63, 3.8) is 0 Å². The Morgan fingerprint density at radius 3 is 2.95 bits per heavy atom. The number of aryl methyl sites for hydroxylation is 1. The molecule has 2 aromatic heterocycles. The third kappa shape index (κ3) is 3.33. The Morgan fingerprint density at radius 1 is 1.45 bits per heavy atom. The quantitative estimate of drug-likeness (QED) is 0.827. The maximum Gasteiger partial charge on any atom is 0.302 e. The van der Waals surface area contributed by atoms with Crippen LogP contribution in [0.2, 0.25) is 0 Å². The molecule has 8 nitrogen and oxygen atoms in total. The third-order valence-electron chi connectivity index (χ3n) is 3.48. The van der Waals surface area contributed by atoms with Crippen molar-refractivity contribution in [2.45, 2.75) is 26.3 Å². The van der Waals surface area contributed by atoms with E-state index in [0.29, 0.717) is 13.1 Å². The van der Waals surface area contributed by atoms with Crippen LogP contribution in [-0.2, 0) is 11.3 Å². The number of oxazole rings is 1. The van der Waals surface area contributed by atoms with Gasteiger partial charge >= 0.3 is 6.01 Å². The zero-order valence-corrected chi connectivity index (χ0v) is 12.2. The first-order valence-corrected chi connectivity index (χ1v) is 7.16. The second-order valence-electron chi connectivity index (χ2n) is 5.23. The summed E-state index contributed by atoms with van der Waals surface area (Å²) in [4.78, 5) is 31.6. The number of nitrogens with zero attached hydrogens (tertiary/aromatic N) is 3. The Bertz CT molecular complexity index is 686. The van der Waals surface area contributed by atoms with Crippen LogP contribution < -0.4 is 10.6 Å². The van der Waals surface area contributed by atoms with Crippen LogP contribution in [0.15, 0.2) is 23.1 Å². The van der Waals surface area contributed by atoms with Gasteiger partial charge in [0, 0.05) is 31.4 Å². The largest absolute Gasteiger partial charge is 0.431 e. The highest BCUT2D eigenvalue weighted by atomic mass is 16.4. The van der Waals surface area contributed by atoms with E-state index in [-0.39, 0.29) is 29.4 Å². The number of aromatic nitrogens is 3. The number of rotatable bonds is 6. The number of nitrogens with one attached hydrogen (secondary N) is 2. The second kappa shape index (κ2) is 6.00. The molecule has 0 radical (unpaired) electrons. The molecule has 2 heterocycles. The van der Waals surface area contributed by atoms with E-state index in [0.717, 1.165) is 18.7 Å². The fourth-order valence-corrected chi connectivity index (χ4v) is 2.01. The zero-order chi connectivity index (χ0) is 15.5. The van der Waals surface area contributed by atoms with Crippen LogP contribution in [0.1, 0.15) is 29.2 Å². The van der Waals surface area contributed by atoms with Crippen molar-refractivity contribution in [3.8, 4) is 0 Å². The van der Waals surface area contributed by atoms with Gasteiger partial charge in [-0.15, -0.1) is 0 Å². The molecule has 1 aliphatic carbocycles. The lowest BCUT2D eigenvalue weighted by Gasteiger charge is -2.05. The van der Waals surface area contributed by atoms with Gasteiger partial charge in [0.05, 0.1) is 0 Å². The predicted octanol–water partition coefficient (Wildman–Crippen LogP) is 0.958. The van der Waals surface area contributed by atoms with Gasteiger partial charge in [-0.1, -0.05) is 0 Å². The molecule has 0 saturated heterocycles. The van der Waals surface area contributed by atoms with Crippen LogP contribution >= 0.6 is 0 Å². The van der Waals surface area contributed by atoms with Crippen molar-refractivity contribution >= 4 is 17.8 Å². The highest BCUT2D eigenvalue weighted by molar-refractivity contribution is 5.94. The van der Waals surface area contributed by atoms with Crippen molar-refractivity contribution in [2.24, 2.45) is 5.92 Å². The number of hydrogen-bond acceptors (Lipinski definition) is 5. The lowest BCUT2D eigenvalue weighted by Crippen LogP contribution is -2.27. The normalized spacial score (nSPS) is 13.9. The molecule has 1 saturated carbocycles. The molecule has 3 rings (SSSR count). The molecule has 2 aromatic rings. The summed E-state index contributed by atoms with van der Waals surface area (Å²) >= 11 is 0. The molecule has 116 valence electrons. The molecule has 0 bridgehead atoms.